The summed E-state index contributed by atoms with van der Waals surface area (Å²) in [5.74, 6) is -0.0733. The number of nitrogens with zero attached hydrogens (tertiary/aromatic N) is 2. The second-order valence-electron chi connectivity index (χ2n) is 10.7. The zero-order chi connectivity index (χ0) is 31.3. The summed E-state index contributed by atoms with van der Waals surface area (Å²) in [6, 6.07) is 17.2. The summed E-state index contributed by atoms with van der Waals surface area (Å²) in [5.41, 5.74) is 1.99. The summed E-state index contributed by atoms with van der Waals surface area (Å²) in [6.45, 7) is 5.41. The third-order valence-corrected chi connectivity index (χ3v) is 9.26. The Hall–Kier alpha value is -4.13. The van der Waals surface area contributed by atoms with E-state index in [9.17, 15) is 23.1 Å². The number of benzene rings is 3. The van der Waals surface area contributed by atoms with Gasteiger partial charge < -0.3 is 30.1 Å². The third kappa shape index (κ3) is 7.27. The Bertz CT molecular complexity index is 1560. The van der Waals surface area contributed by atoms with Gasteiger partial charge in [0.15, 0.2) is 5.75 Å². The fourth-order valence-electron chi connectivity index (χ4n) is 4.85. The molecule has 0 aromatic heterocycles. The van der Waals surface area contributed by atoms with Crippen molar-refractivity contribution in [2.24, 2.45) is 5.92 Å². The van der Waals surface area contributed by atoms with Crippen LogP contribution in [0.2, 0.25) is 0 Å². The summed E-state index contributed by atoms with van der Waals surface area (Å²) < 4.78 is 39.7. The van der Waals surface area contributed by atoms with Crippen molar-refractivity contribution in [3.05, 3.63) is 77.9 Å². The summed E-state index contributed by atoms with van der Waals surface area (Å²) in [6.07, 6.45) is -0.721. The number of methoxy groups -OCH3 is 1. The predicted octanol–water partition coefficient (Wildman–Crippen LogP) is 4.19. The molecule has 3 aromatic rings. The number of likely N-dealkylation sites (N-methyl/N-ethyl adjacent to an activating group) is 1. The van der Waals surface area contributed by atoms with E-state index >= 15 is 0 Å². The van der Waals surface area contributed by atoms with Crippen LogP contribution in [-0.4, -0.2) is 80.7 Å². The molecule has 0 bridgehead atoms. The van der Waals surface area contributed by atoms with Crippen LogP contribution < -0.4 is 20.1 Å². The van der Waals surface area contributed by atoms with E-state index in [1.807, 2.05) is 32.0 Å². The summed E-state index contributed by atoms with van der Waals surface area (Å²) >= 11 is 0. The molecular formula is C31H38N4O7S. The highest BCUT2D eigenvalue weighted by Gasteiger charge is 2.36. The van der Waals surface area contributed by atoms with E-state index in [4.69, 9.17) is 9.47 Å². The highest BCUT2D eigenvalue weighted by Crippen LogP contribution is 2.35. The minimum atomic E-state index is -3.90. The molecule has 3 amide bonds. The molecule has 0 aliphatic carbocycles. The lowest BCUT2D eigenvalue weighted by molar-refractivity contribution is 0.0389. The second kappa shape index (κ2) is 13.4. The van der Waals surface area contributed by atoms with Gasteiger partial charge in [0.05, 0.1) is 42.4 Å². The highest BCUT2D eigenvalue weighted by molar-refractivity contribution is 7.89. The first-order chi connectivity index (χ1) is 20.4. The van der Waals surface area contributed by atoms with Crippen LogP contribution in [0.5, 0.6) is 11.5 Å². The summed E-state index contributed by atoms with van der Waals surface area (Å²) in [4.78, 5) is 28.3. The lowest BCUT2D eigenvalue weighted by Gasteiger charge is -2.38. The maximum absolute atomic E-state index is 13.7. The largest absolute Gasteiger partial charge is 0.497 e. The Labute approximate surface area is 252 Å². The Balaban J connectivity index is 1.68. The molecule has 1 heterocycles. The van der Waals surface area contributed by atoms with Gasteiger partial charge in [-0.1, -0.05) is 25.1 Å². The van der Waals surface area contributed by atoms with Gasteiger partial charge in [-0.3, -0.25) is 4.79 Å². The Morgan fingerprint density at radius 3 is 2.49 bits per heavy atom. The van der Waals surface area contributed by atoms with Crippen LogP contribution >= 0.6 is 0 Å². The first-order valence-electron chi connectivity index (χ1n) is 13.9. The lowest BCUT2D eigenvalue weighted by atomic mass is 9.99. The zero-order valence-corrected chi connectivity index (χ0v) is 25.7. The van der Waals surface area contributed by atoms with Crippen molar-refractivity contribution < 1.29 is 32.6 Å². The molecule has 3 atom stereocenters. The van der Waals surface area contributed by atoms with Crippen molar-refractivity contribution >= 4 is 33.3 Å². The van der Waals surface area contributed by atoms with Gasteiger partial charge in [-0.15, -0.1) is 0 Å². The molecule has 4 rings (SSSR count). The van der Waals surface area contributed by atoms with E-state index in [-0.39, 0.29) is 53.4 Å². The number of carbonyl (C=O) groups is 2. The molecule has 0 saturated heterocycles. The minimum absolute atomic E-state index is 0.0473. The van der Waals surface area contributed by atoms with Crippen LogP contribution in [0.1, 0.15) is 29.8 Å². The Morgan fingerprint density at radius 2 is 1.84 bits per heavy atom. The smallest absolute Gasteiger partial charge is 0.323 e. The molecule has 1 aliphatic rings. The van der Waals surface area contributed by atoms with E-state index < -0.39 is 28.2 Å². The highest BCUT2D eigenvalue weighted by atomic mass is 32.2. The van der Waals surface area contributed by atoms with Crippen LogP contribution in [0.25, 0.3) is 0 Å². The molecule has 0 radical (unpaired) electrons. The molecule has 230 valence electrons. The summed E-state index contributed by atoms with van der Waals surface area (Å²) in [7, 11) is -0.932. The van der Waals surface area contributed by atoms with E-state index in [0.29, 0.717) is 11.4 Å². The molecular weight excluding hydrogens is 572 g/mol. The van der Waals surface area contributed by atoms with Gasteiger partial charge >= 0.3 is 6.03 Å². The zero-order valence-electron chi connectivity index (χ0n) is 24.9. The first kappa shape index (κ1) is 31.8. The van der Waals surface area contributed by atoms with Crippen LogP contribution in [0.15, 0.2) is 71.6 Å². The van der Waals surface area contributed by atoms with Gasteiger partial charge in [0.2, 0.25) is 10.0 Å². The van der Waals surface area contributed by atoms with Crippen molar-refractivity contribution in [1.82, 2.24) is 9.21 Å². The van der Waals surface area contributed by atoms with Crippen LogP contribution in [0, 0.1) is 12.8 Å². The number of aliphatic hydroxyl groups excluding tert-OH is 1. The van der Waals surface area contributed by atoms with Crippen molar-refractivity contribution in [2.75, 3.05) is 44.5 Å². The standard InChI is InChI=1S/C31H38N4O7S/c1-20-8-6-9-23(16-20)32-31(38)33-27-11-7-10-26-29(27)42-28(21(2)17-35(30(26)37)22(3)19-36)18-34(4)43(39,40)25-14-12-24(41-5)13-15-25/h6-16,21-22,28,36H,17-19H2,1-5H3,(H2,32,33,38)/t21-,22+,28+/m1/s1. The van der Waals surface area contributed by atoms with Gasteiger partial charge in [-0.25, -0.2) is 13.2 Å². The van der Waals surface area contributed by atoms with Gasteiger partial charge in [-0.2, -0.15) is 4.31 Å². The maximum Gasteiger partial charge on any atom is 0.323 e. The molecule has 1 aliphatic heterocycles. The topological polar surface area (TPSA) is 138 Å². The molecule has 3 aromatic carbocycles. The number of rotatable bonds is 9. The fourth-order valence-corrected chi connectivity index (χ4v) is 6.03. The van der Waals surface area contributed by atoms with Gasteiger partial charge in [0.1, 0.15) is 11.9 Å². The molecule has 3 N–H and O–H groups in total. The minimum Gasteiger partial charge on any atom is -0.497 e. The molecule has 0 unspecified atom stereocenters. The lowest BCUT2D eigenvalue weighted by Crippen LogP contribution is -2.50. The van der Waals surface area contributed by atoms with Crippen molar-refractivity contribution in [1.29, 1.82) is 0 Å². The number of hydrogen-bond donors (Lipinski definition) is 3. The summed E-state index contributed by atoms with van der Waals surface area (Å²) in [5, 5.41) is 15.5. The number of sulfonamides is 1. The monoisotopic (exact) mass is 610 g/mol. The molecule has 0 saturated carbocycles. The van der Waals surface area contributed by atoms with E-state index in [1.165, 1.54) is 30.6 Å². The second-order valence-corrected chi connectivity index (χ2v) is 12.8. The van der Waals surface area contributed by atoms with Gasteiger partial charge in [-0.05, 0) is 67.9 Å². The molecule has 12 heteroatoms. The quantitative estimate of drug-likeness (QED) is 0.330. The number of nitrogens with one attached hydrogen (secondary N) is 2. The Kier molecular flexibility index (Phi) is 9.95. The number of aryl methyl sites for hydroxylation is 1. The van der Waals surface area contributed by atoms with E-state index in [1.54, 1.807) is 48.2 Å². The molecule has 11 nitrogen and oxygen atoms in total. The molecule has 0 spiro atoms. The van der Waals surface area contributed by atoms with Gasteiger partial charge in [0, 0.05) is 25.2 Å². The molecule has 43 heavy (non-hydrogen) atoms. The average Bonchev–Trinajstić information content (AvgIpc) is 2.98. The SMILES string of the molecule is COc1ccc(S(=O)(=O)N(C)C[C@@H]2Oc3c(NC(=O)Nc4cccc(C)c4)cccc3C(=O)N([C@@H](C)CO)C[C@H]2C)cc1. The van der Waals surface area contributed by atoms with Crippen molar-refractivity contribution in [2.45, 2.75) is 37.8 Å². The number of hydrogen-bond acceptors (Lipinski definition) is 7. The van der Waals surface area contributed by atoms with Crippen LogP contribution in [0.4, 0.5) is 16.2 Å². The van der Waals surface area contributed by atoms with Gasteiger partial charge in [0.25, 0.3) is 5.91 Å². The van der Waals surface area contributed by atoms with E-state index in [0.717, 1.165) is 5.56 Å². The number of fused-ring (bicyclic) bond motifs is 1. The number of ether oxygens (including phenoxy) is 2. The number of aliphatic hydroxyl groups is 1. The van der Waals surface area contributed by atoms with Crippen molar-refractivity contribution in [3.63, 3.8) is 0 Å². The third-order valence-electron chi connectivity index (χ3n) is 7.42. The maximum atomic E-state index is 13.7. The number of carbonyl (C=O) groups excluding carboxylic acids is 2. The predicted molar refractivity (Wildman–Crippen MR) is 164 cm³/mol. The first-order valence-corrected chi connectivity index (χ1v) is 15.3. The van der Waals surface area contributed by atoms with Crippen LogP contribution in [-0.2, 0) is 10.0 Å². The number of para-hydroxylation sites is 1. The normalized spacial score (nSPS) is 17.7. The van der Waals surface area contributed by atoms with Crippen LogP contribution in [0.3, 0.4) is 0 Å². The average molecular weight is 611 g/mol. The molecule has 0 fully saturated rings. The number of urea groups is 1. The number of anilines is 2. The van der Waals surface area contributed by atoms with Crippen molar-refractivity contribution in [3.8, 4) is 11.5 Å². The Morgan fingerprint density at radius 1 is 1.14 bits per heavy atom. The van der Waals surface area contributed by atoms with E-state index in [2.05, 4.69) is 10.6 Å². The fraction of sp³-hybridized carbons (Fsp3) is 0.355. The number of amides is 3.